The van der Waals surface area contributed by atoms with E-state index in [-0.39, 0.29) is 22.0 Å². The molecule has 1 aliphatic carbocycles. The fraction of sp³-hybridized carbons (Fsp3) is 0.600. The molecule has 1 heterocycles. The number of ether oxygens (including phenoxy) is 1. The summed E-state index contributed by atoms with van der Waals surface area (Å²) >= 11 is 0. The molecule has 5 heteroatoms. The summed E-state index contributed by atoms with van der Waals surface area (Å²) in [6.07, 6.45) is -4.65. The Hall–Kier alpha value is -1.39. The summed E-state index contributed by atoms with van der Waals surface area (Å²) in [5.41, 5.74) is 1.80. The SMILES string of the molecule is CC1(C)C(C)(C)C12CNc1ccc(OC(F)(F)F)cc12. The first-order valence-corrected chi connectivity index (χ1v) is 6.67. The van der Waals surface area contributed by atoms with Crippen LogP contribution in [-0.4, -0.2) is 12.9 Å². The number of anilines is 1. The van der Waals surface area contributed by atoms with Gasteiger partial charge in [0.1, 0.15) is 5.75 Å². The molecule has 110 valence electrons. The highest BCUT2D eigenvalue weighted by Crippen LogP contribution is 2.80. The topological polar surface area (TPSA) is 21.3 Å². The normalized spacial score (nSPS) is 24.1. The Bertz CT molecular complexity index is 561. The van der Waals surface area contributed by atoms with Gasteiger partial charge in [-0.15, -0.1) is 13.2 Å². The van der Waals surface area contributed by atoms with Gasteiger partial charge in [-0.3, -0.25) is 0 Å². The third-order valence-electron chi connectivity index (χ3n) is 5.86. The molecule has 1 aromatic carbocycles. The lowest BCUT2D eigenvalue weighted by molar-refractivity contribution is -0.274. The summed E-state index contributed by atoms with van der Waals surface area (Å²) in [6.45, 7) is 9.43. The van der Waals surface area contributed by atoms with E-state index in [1.807, 2.05) is 0 Å². The van der Waals surface area contributed by atoms with Gasteiger partial charge in [0.25, 0.3) is 0 Å². The molecule has 0 unspecified atom stereocenters. The first-order chi connectivity index (χ1) is 9.03. The van der Waals surface area contributed by atoms with Crippen molar-refractivity contribution in [2.45, 2.75) is 39.5 Å². The van der Waals surface area contributed by atoms with E-state index in [0.717, 1.165) is 17.8 Å². The van der Waals surface area contributed by atoms with Gasteiger partial charge >= 0.3 is 6.36 Å². The maximum atomic E-state index is 12.4. The first kappa shape index (κ1) is 13.6. The van der Waals surface area contributed by atoms with Crippen molar-refractivity contribution < 1.29 is 17.9 Å². The summed E-state index contributed by atoms with van der Waals surface area (Å²) in [7, 11) is 0. The van der Waals surface area contributed by atoms with Crippen LogP contribution in [0.5, 0.6) is 5.75 Å². The summed E-state index contributed by atoms with van der Waals surface area (Å²) in [5, 5.41) is 3.32. The Morgan fingerprint density at radius 3 is 2.20 bits per heavy atom. The van der Waals surface area contributed by atoms with Crippen LogP contribution in [-0.2, 0) is 5.41 Å². The third-order valence-corrected chi connectivity index (χ3v) is 5.86. The smallest absolute Gasteiger partial charge is 0.406 e. The molecule has 1 aliphatic heterocycles. The lowest BCUT2D eigenvalue weighted by atomic mass is 9.88. The van der Waals surface area contributed by atoms with Gasteiger partial charge in [0.15, 0.2) is 0 Å². The zero-order valence-electron chi connectivity index (χ0n) is 12.0. The largest absolute Gasteiger partial charge is 0.573 e. The van der Waals surface area contributed by atoms with E-state index in [4.69, 9.17) is 0 Å². The Morgan fingerprint density at radius 1 is 1.10 bits per heavy atom. The number of benzene rings is 1. The maximum absolute atomic E-state index is 12.4. The second-order valence-electron chi connectivity index (χ2n) is 6.76. The number of hydrogen-bond acceptors (Lipinski definition) is 2. The number of nitrogens with one attached hydrogen (secondary N) is 1. The highest BCUT2D eigenvalue weighted by atomic mass is 19.4. The number of fused-ring (bicyclic) bond motifs is 2. The van der Waals surface area contributed by atoms with E-state index in [0.29, 0.717) is 0 Å². The summed E-state index contributed by atoms with van der Waals surface area (Å²) in [6, 6.07) is 4.58. The van der Waals surface area contributed by atoms with Crippen molar-refractivity contribution in [3.05, 3.63) is 23.8 Å². The number of rotatable bonds is 1. The van der Waals surface area contributed by atoms with Crippen LogP contribution in [0.15, 0.2) is 18.2 Å². The minimum atomic E-state index is -4.65. The van der Waals surface area contributed by atoms with Gasteiger partial charge in [-0.05, 0) is 34.6 Å². The summed E-state index contributed by atoms with van der Waals surface area (Å²) in [5.74, 6) is -0.141. The standard InChI is InChI=1S/C15H18F3NO/c1-12(2)13(3,4)14(12)8-19-11-6-5-9(7-10(11)14)20-15(16,17)18/h5-7,19H,8H2,1-4H3. The van der Waals surface area contributed by atoms with Crippen molar-refractivity contribution in [2.24, 2.45) is 10.8 Å². The molecule has 1 fully saturated rings. The molecular formula is C15H18F3NO. The lowest BCUT2D eigenvalue weighted by Gasteiger charge is -2.16. The van der Waals surface area contributed by atoms with Gasteiger partial charge < -0.3 is 10.1 Å². The molecule has 1 N–H and O–H groups in total. The average molecular weight is 285 g/mol. The summed E-state index contributed by atoms with van der Waals surface area (Å²) in [4.78, 5) is 0. The third kappa shape index (κ3) is 1.41. The van der Waals surface area contributed by atoms with Gasteiger partial charge in [-0.25, -0.2) is 0 Å². The van der Waals surface area contributed by atoms with Crippen molar-refractivity contribution in [1.82, 2.24) is 0 Å². The van der Waals surface area contributed by atoms with Gasteiger partial charge in [-0.2, -0.15) is 0 Å². The molecule has 2 nitrogen and oxygen atoms in total. The molecule has 2 aliphatic rings. The molecule has 3 rings (SSSR count). The van der Waals surface area contributed by atoms with Gasteiger partial charge in [-0.1, -0.05) is 27.7 Å². The molecule has 0 aromatic heterocycles. The van der Waals surface area contributed by atoms with Crippen molar-refractivity contribution in [1.29, 1.82) is 0 Å². The second kappa shape index (κ2) is 3.43. The van der Waals surface area contributed by atoms with E-state index >= 15 is 0 Å². The number of alkyl halides is 3. The van der Waals surface area contributed by atoms with E-state index < -0.39 is 6.36 Å². The van der Waals surface area contributed by atoms with Gasteiger partial charge in [0.05, 0.1) is 0 Å². The molecular weight excluding hydrogens is 267 g/mol. The predicted molar refractivity (Wildman–Crippen MR) is 70.9 cm³/mol. The van der Waals surface area contributed by atoms with E-state index in [1.54, 1.807) is 12.1 Å². The van der Waals surface area contributed by atoms with Crippen molar-refractivity contribution in [2.75, 3.05) is 11.9 Å². The van der Waals surface area contributed by atoms with Crippen LogP contribution < -0.4 is 10.1 Å². The van der Waals surface area contributed by atoms with Crippen LogP contribution in [0.2, 0.25) is 0 Å². The number of halogens is 3. The van der Waals surface area contributed by atoms with Crippen molar-refractivity contribution in [3.8, 4) is 5.75 Å². The van der Waals surface area contributed by atoms with Crippen molar-refractivity contribution >= 4 is 5.69 Å². The van der Waals surface area contributed by atoms with Crippen LogP contribution in [0.3, 0.4) is 0 Å². The molecule has 0 atom stereocenters. The fourth-order valence-corrected chi connectivity index (χ4v) is 4.10. The van der Waals surface area contributed by atoms with E-state index in [9.17, 15) is 13.2 Å². The quantitative estimate of drug-likeness (QED) is 0.830. The zero-order valence-corrected chi connectivity index (χ0v) is 12.0. The Labute approximate surface area is 116 Å². The lowest BCUT2D eigenvalue weighted by Crippen LogP contribution is -2.20. The minimum absolute atomic E-state index is 0.0368. The molecule has 0 saturated heterocycles. The Morgan fingerprint density at radius 2 is 1.70 bits per heavy atom. The monoisotopic (exact) mass is 285 g/mol. The molecule has 0 radical (unpaired) electrons. The zero-order chi connectivity index (χ0) is 15.0. The molecule has 1 aromatic rings. The average Bonchev–Trinajstić information content (AvgIpc) is 2.62. The molecule has 1 spiro atoms. The van der Waals surface area contributed by atoms with Gasteiger partial charge in [0.2, 0.25) is 0 Å². The Balaban J connectivity index is 2.05. The maximum Gasteiger partial charge on any atom is 0.573 e. The Kier molecular flexibility index (Phi) is 2.33. The van der Waals surface area contributed by atoms with E-state index in [2.05, 4.69) is 37.7 Å². The molecule has 0 amide bonds. The van der Waals surface area contributed by atoms with Gasteiger partial charge in [0, 0.05) is 17.6 Å². The summed E-state index contributed by atoms with van der Waals surface area (Å²) < 4.78 is 41.2. The van der Waals surface area contributed by atoms with Crippen LogP contribution >= 0.6 is 0 Å². The fourth-order valence-electron chi connectivity index (χ4n) is 4.10. The number of hydrogen-bond donors (Lipinski definition) is 1. The van der Waals surface area contributed by atoms with E-state index in [1.165, 1.54) is 6.07 Å². The van der Waals surface area contributed by atoms with Crippen LogP contribution in [0.4, 0.5) is 18.9 Å². The second-order valence-corrected chi connectivity index (χ2v) is 6.76. The highest BCUT2D eigenvalue weighted by Gasteiger charge is 2.79. The highest BCUT2D eigenvalue weighted by molar-refractivity contribution is 5.68. The molecule has 1 saturated carbocycles. The van der Waals surface area contributed by atoms with Crippen LogP contribution in [0, 0.1) is 10.8 Å². The predicted octanol–water partition coefficient (Wildman–Crippen LogP) is 4.31. The molecule has 20 heavy (non-hydrogen) atoms. The van der Waals surface area contributed by atoms with Crippen LogP contribution in [0.25, 0.3) is 0 Å². The van der Waals surface area contributed by atoms with Crippen molar-refractivity contribution in [3.63, 3.8) is 0 Å². The van der Waals surface area contributed by atoms with Crippen LogP contribution in [0.1, 0.15) is 33.3 Å². The molecule has 0 bridgehead atoms. The first-order valence-electron chi connectivity index (χ1n) is 6.67. The minimum Gasteiger partial charge on any atom is -0.406 e.